The topological polar surface area (TPSA) is 96.5 Å². The second-order valence-electron chi connectivity index (χ2n) is 6.56. The summed E-state index contributed by atoms with van der Waals surface area (Å²) in [5.74, 6) is 0.414. The van der Waals surface area contributed by atoms with Gasteiger partial charge in [0.25, 0.3) is 5.91 Å². The van der Waals surface area contributed by atoms with Crippen LogP contribution in [0.25, 0.3) is 0 Å². The monoisotopic (exact) mass is 381 g/mol. The minimum atomic E-state index is -0.181. The van der Waals surface area contributed by atoms with Crippen molar-refractivity contribution in [2.45, 2.75) is 25.7 Å². The van der Waals surface area contributed by atoms with E-state index in [9.17, 15) is 14.4 Å². The minimum absolute atomic E-state index is 0.0148. The lowest BCUT2D eigenvalue weighted by atomic mass is 10.0. The Bertz CT molecular complexity index is 878. The molecule has 0 unspecified atom stereocenters. The molecular weight excluding hydrogens is 358 g/mol. The predicted molar refractivity (Wildman–Crippen MR) is 107 cm³/mol. The molecule has 0 aliphatic carbocycles. The Balaban J connectivity index is 1.41. The number of amides is 3. The normalized spacial score (nSPS) is 12.5. The molecule has 2 aromatic carbocycles. The van der Waals surface area contributed by atoms with Crippen LogP contribution >= 0.6 is 0 Å². The number of hydrogen-bond donors (Lipinski definition) is 3. The Morgan fingerprint density at radius 2 is 1.89 bits per heavy atom. The summed E-state index contributed by atoms with van der Waals surface area (Å²) >= 11 is 0. The van der Waals surface area contributed by atoms with Gasteiger partial charge in [-0.05, 0) is 60.9 Å². The number of hydrogen-bond acceptors (Lipinski definition) is 4. The highest BCUT2D eigenvalue weighted by Gasteiger charge is 2.15. The number of nitrogens with one attached hydrogen (secondary N) is 3. The smallest absolute Gasteiger partial charge is 0.251 e. The third-order valence-corrected chi connectivity index (χ3v) is 4.50. The van der Waals surface area contributed by atoms with Crippen LogP contribution in [-0.2, 0) is 16.0 Å². The maximum Gasteiger partial charge on any atom is 0.251 e. The Morgan fingerprint density at radius 3 is 2.64 bits per heavy atom. The molecule has 7 nitrogen and oxygen atoms in total. The average molecular weight is 381 g/mol. The van der Waals surface area contributed by atoms with Crippen molar-refractivity contribution < 1.29 is 19.1 Å². The van der Waals surface area contributed by atoms with E-state index in [0.717, 1.165) is 11.3 Å². The van der Waals surface area contributed by atoms with E-state index in [-0.39, 0.29) is 17.7 Å². The second kappa shape index (κ2) is 9.03. The number of ether oxygens (including phenoxy) is 1. The van der Waals surface area contributed by atoms with Crippen molar-refractivity contribution >= 4 is 29.1 Å². The third-order valence-electron chi connectivity index (χ3n) is 4.50. The summed E-state index contributed by atoms with van der Waals surface area (Å²) in [5.41, 5.74) is 3.08. The molecule has 7 heteroatoms. The van der Waals surface area contributed by atoms with Gasteiger partial charge >= 0.3 is 0 Å². The molecule has 0 radical (unpaired) electrons. The Labute approximate surface area is 163 Å². The molecule has 0 atom stereocenters. The van der Waals surface area contributed by atoms with Gasteiger partial charge in [0.1, 0.15) is 5.75 Å². The number of methoxy groups -OCH3 is 1. The van der Waals surface area contributed by atoms with Crippen LogP contribution in [0.15, 0.2) is 42.5 Å². The zero-order valence-corrected chi connectivity index (χ0v) is 15.7. The Morgan fingerprint density at radius 1 is 1.11 bits per heavy atom. The summed E-state index contributed by atoms with van der Waals surface area (Å²) in [6.07, 6.45) is 1.96. The van der Waals surface area contributed by atoms with Crippen LogP contribution in [-0.4, -0.2) is 31.4 Å². The third kappa shape index (κ3) is 5.09. The van der Waals surface area contributed by atoms with Crippen molar-refractivity contribution in [2.24, 2.45) is 0 Å². The van der Waals surface area contributed by atoms with Gasteiger partial charge in [-0.15, -0.1) is 0 Å². The standard InChI is InChI=1S/C21H23N3O4/c1-28-17-8-4-14(5-9-17)21(27)22-12-2-3-19(25)23-16-7-10-18-15(13-16)6-11-20(26)24-18/h4-5,7-10,13H,2-3,6,11-12H2,1H3,(H,22,27)(H,23,25)(H,24,26). The molecule has 3 rings (SSSR count). The highest BCUT2D eigenvalue weighted by atomic mass is 16.5. The quantitative estimate of drug-likeness (QED) is 0.643. The molecule has 1 aliphatic rings. The summed E-state index contributed by atoms with van der Waals surface area (Å²) in [6, 6.07) is 12.3. The summed E-state index contributed by atoms with van der Waals surface area (Å²) in [7, 11) is 1.57. The van der Waals surface area contributed by atoms with Crippen LogP contribution in [0.2, 0.25) is 0 Å². The Kier molecular flexibility index (Phi) is 6.26. The van der Waals surface area contributed by atoms with E-state index < -0.39 is 0 Å². The fourth-order valence-corrected chi connectivity index (χ4v) is 2.98. The van der Waals surface area contributed by atoms with Gasteiger partial charge in [0.15, 0.2) is 0 Å². The molecule has 0 saturated heterocycles. The van der Waals surface area contributed by atoms with Crippen LogP contribution in [0.1, 0.15) is 35.2 Å². The molecular formula is C21H23N3O4. The molecule has 3 amide bonds. The first-order valence-corrected chi connectivity index (χ1v) is 9.20. The van der Waals surface area contributed by atoms with Gasteiger partial charge in [-0.2, -0.15) is 0 Å². The molecule has 1 heterocycles. The number of fused-ring (bicyclic) bond motifs is 1. The highest BCUT2D eigenvalue weighted by molar-refractivity contribution is 5.96. The van der Waals surface area contributed by atoms with Gasteiger partial charge in [-0.25, -0.2) is 0 Å². The first kappa shape index (κ1) is 19.4. The van der Waals surface area contributed by atoms with E-state index in [1.165, 1.54) is 0 Å². The summed E-state index contributed by atoms with van der Waals surface area (Å²) in [4.78, 5) is 35.6. The lowest BCUT2D eigenvalue weighted by Gasteiger charge is -2.17. The number of aryl methyl sites for hydroxylation is 1. The first-order chi connectivity index (χ1) is 13.5. The Hall–Kier alpha value is -3.35. The summed E-state index contributed by atoms with van der Waals surface area (Å²) < 4.78 is 5.06. The van der Waals surface area contributed by atoms with E-state index in [1.54, 1.807) is 43.5 Å². The van der Waals surface area contributed by atoms with Crippen molar-refractivity contribution in [3.63, 3.8) is 0 Å². The molecule has 0 aromatic heterocycles. The number of carbonyl (C=O) groups excluding carboxylic acids is 3. The van der Waals surface area contributed by atoms with Gasteiger partial charge in [0, 0.05) is 36.3 Å². The molecule has 2 aromatic rings. The second-order valence-corrected chi connectivity index (χ2v) is 6.56. The predicted octanol–water partition coefficient (Wildman–Crippen LogP) is 2.73. The number of rotatable bonds is 7. The van der Waals surface area contributed by atoms with Crippen molar-refractivity contribution in [1.82, 2.24) is 5.32 Å². The lowest BCUT2D eigenvalue weighted by Crippen LogP contribution is -2.25. The fourth-order valence-electron chi connectivity index (χ4n) is 2.98. The van der Waals surface area contributed by atoms with Crippen LogP contribution < -0.4 is 20.7 Å². The maximum atomic E-state index is 12.1. The molecule has 146 valence electrons. The number of anilines is 2. The van der Waals surface area contributed by atoms with Crippen molar-refractivity contribution in [3.05, 3.63) is 53.6 Å². The summed E-state index contributed by atoms with van der Waals surface area (Å²) in [5, 5.41) is 8.47. The zero-order valence-electron chi connectivity index (χ0n) is 15.7. The average Bonchev–Trinajstić information content (AvgIpc) is 2.71. The van der Waals surface area contributed by atoms with E-state index in [1.807, 2.05) is 6.07 Å². The van der Waals surface area contributed by atoms with Gasteiger partial charge in [-0.1, -0.05) is 0 Å². The van der Waals surface area contributed by atoms with Crippen LogP contribution in [0.5, 0.6) is 5.75 Å². The van der Waals surface area contributed by atoms with E-state index >= 15 is 0 Å². The van der Waals surface area contributed by atoms with Gasteiger partial charge < -0.3 is 20.7 Å². The SMILES string of the molecule is COc1ccc(C(=O)NCCCC(=O)Nc2ccc3c(c2)CCC(=O)N3)cc1. The van der Waals surface area contributed by atoms with Crippen LogP contribution in [0.3, 0.4) is 0 Å². The highest BCUT2D eigenvalue weighted by Crippen LogP contribution is 2.25. The molecule has 28 heavy (non-hydrogen) atoms. The van der Waals surface area contributed by atoms with Crippen LogP contribution in [0, 0.1) is 0 Å². The number of benzene rings is 2. The lowest BCUT2D eigenvalue weighted by molar-refractivity contribution is -0.117. The molecule has 1 aliphatic heterocycles. The van der Waals surface area contributed by atoms with Crippen molar-refractivity contribution in [1.29, 1.82) is 0 Å². The van der Waals surface area contributed by atoms with E-state index in [0.29, 0.717) is 49.2 Å². The van der Waals surface area contributed by atoms with Crippen molar-refractivity contribution in [3.8, 4) is 5.75 Å². The molecule has 0 spiro atoms. The van der Waals surface area contributed by atoms with Gasteiger partial charge in [-0.3, -0.25) is 14.4 Å². The summed E-state index contributed by atoms with van der Waals surface area (Å²) in [6.45, 7) is 0.411. The fraction of sp³-hybridized carbons (Fsp3) is 0.286. The molecule has 0 bridgehead atoms. The molecule has 0 fully saturated rings. The minimum Gasteiger partial charge on any atom is -0.497 e. The van der Waals surface area contributed by atoms with Crippen molar-refractivity contribution in [2.75, 3.05) is 24.3 Å². The van der Waals surface area contributed by atoms with E-state index in [2.05, 4.69) is 16.0 Å². The van der Waals surface area contributed by atoms with Crippen LogP contribution in [0.4, 0.5) is 11.4 Å². The molecule has 3 N–H and O–H groups in total. The van der Waals surface area contributed by atoms with E-state index in [4.69, 9.17) is 4.74 Å². The first-order valence-electron chi connectivity index (χ1n) is 9.20. The van der Waals surface area contributed by atoms with Gasteiger partial charge in [0.2, 0.25) is 11.8 Å². The molecule has 0 saturated carbocycles. The largest absolute Gasteiger partial charge is 0.497 e. The zero-order chi connectivity index (χ0) is 19.9. The van der Waals surface area contributed by atoms with Gasteiger partial charge in [0.05, 0.1) is 7.11 Å². The number of carbonyl (C=O) groups is 3. The maximum absolute atomic E-state index is 12.1.